The molecule has 0 radical (unpaired) electrons. The van der Waals surface area contributed by atoms with Crippen molar-refractivity contribution < 1.29 is 19.4 Å². The Labute approximate surface area is 112 Å². The summed E-state index contributed by atoms with van der Waals surface area (Å²) in [7, 11) is 0. The fraction of sp³-hybridized carbons (Fsp3) is 0.667. The minimum atomic E-state index is -0.598. The summed E-state index contributed by atoms with van der Waals surface area (Å²) in [4.78, 5) is 11.8. The molecule has 102 valence electrons. The molecule has 0 aromatic heterocycles. The van der Waals surface area contributed by atoms with Crippen LogP contribution in [0.2, 0.25) is 0 Å². The Morgan fingerprint density at radius 1 is 1.47 bits per heavy atom. The molecule has 0 aromatic rings. The van der Waals surface area contributed by atoms with Gasteiger partial charge in [0, 0.05) is 11.5 Å². The van der Waals surface area contributed by atoms with Crippen molar-refractivity contribution in [2.75, 3.05) is 0 Å². The monoisotopic (exact) mass is 262 g/mol. The number of aliphatic hydroxyl groups is 1. The lowest BCUT2D eigenvalue weighted by Crippen LogP contribution is -2.59. The summed E-state index contributed by atoms with van der Waals surface area (Å²) in [6, 6.07) is 0. The van der Waals surface area contributed by atoms with Crippen LogP contribution in [0.4, 0.5) is 0 Å². The molecule has 3 saturated heterocycles. The third-order valence-corrected chi connectivity index (χ3v) is 5.52. The molecule has 1 saturated carbocycles. The summed E-state index contributed by atoms with van der Waals surface area (Å²) in [5.41, 5.74) is 2.44. The van der Waals surface area contributed by atoms with E-state index in [1.54, 1.807) is 0 Å². The van der Waals surface area contributed by atoms with E-state index in [2.05, 4.69) is 13.5 Å². The highest BCUT2D eigenvalue weighted by Gasteiger charge is 2.71. The number of hydrogen-bond donors (Lipinski definition) is 1. The van der Waals surface area contributed by atoms with Crippen molar-refractivity contribution in [3.8, 4) is 0 Å². The second-order valence-electron chi connectivity index (χ2n) is 6.42. The third-order valence-electron chi connectivity index (χ3n) is 5.52. The van der Waals surface area contributed by atoms with E-state index in [4.69, 9.17) is 9.47 Å². The van der Waals surface area contributed by atoms with Crippen LogP contribution >= 0.6 is 0 Å². The van der Waals surface area contributed by atoms with Gasteiger partial charge in [-0.1, -0.05) is 12.2 Å². The number of esters is 1. The first-order chi connectivity index (χ1) is 8.95. The van der Waals surface area contributed by atoms with E-state index in [9.17, 15) is 9.90 Å². The summed E-state index contributed by atoms with van der Waals surface area (Å²) in [6.45, 7) is 7.92. The molecular formula is C15H18O4. The van der Waals surface area contributed by atoms with Gasteiger partial charge in [-0.3, -0.25) is 0 Å². The molecule has 0 amide bonds. The van der Waals surface area contributed by atoms with Crippen LogP contribution in [0.5, 0.6) is 0 Å². The van der Waals surface area contributed by atoms with E-state index in [-0.39, 0.29) is 30.0 Å². The summed E-state index contributed by atoms with van der Waals surface area (Å²) >= 11 is 0. The van der Waals surface area contributed by atoms with Gasteiger partial charge in [0.25, 0.3) is 0 Å². The number of carbonyl (C=O) groups is 1. The molecule has 5 rings (SSSR count). The van der Waals surface area contributed by atoms with Crippen molar-refractivity contribution in [1.82, 2.24) is 0 Å². The largest absolute Gasteiger partial charge is 0.458 e. The number of ether oxygens (including phenoxy) is 2. The van der Waals surface area contributed by atoms with Gasteiger partial charge in [-0.15, -0.1) is 0 Å². The summed E-state index contributed by atoms with van der Waals surface area (Å²) in [5.74, 6) is -0.226. The maximum absolute atomic E-state index is 11.8. The molecule has 1 N–H and O–H groups in total. The van der Waals surface area contributed by atoms with Gasteiger partial charge in [0.15, 0.2) is 0 Å². The minimum Gasteiger partial charge on any atom is -0.458 e. The predicted octanol–water partition coefficient (Wildman–Crippen LogP) is 1.34. The molecule has 5 aliphatic rings. The number of rotatable bonds is 0. The fourth-order valence-corrected chi connectivity index (χ4v) is 4.41. The highest BCUT2D eigenvalue weighted by atomic mass is 16.6. The van der Waals surface area contributed by atoms with Crippen LogP contribution in [0.1, 0.15) is 26.7 Å². The maximum Gasteiger partial charge on any atom is 0.334 e. The Balaban J connectivity index is 1.84. The zero-order valence-corrected chi connectivity index (χ0v) is 11.2. The molecule has 19 heavy (non-hydrogen) atoms. The van der Waals surface area contributed by atoms with Crippen molar-refractivity contribution in [2.45, 2.75) is 50.6 Å². The fourth-order valence-electron chi connectivity index (χ4n) is 4.41. The van der Waals surface area contributed by atoms with Gasteiger partial charge in [-0.05, 0) is 32.3 Å². The van der Waals surface area contributed by atoms with Crippen molar-refractivity contribution in [2.24, 2.45) is 11.8 Å². The lowest BCUT2D eigenvalue weighted by Gasteiger charge is -2.44. The minimum absolute atomic E-state index is 0.0109. The highest BCUT2D eigenvalue weighted by molar-refractivity contribution is 5.91. The lowest BCUT2D eigenvalue weighted by molar-refractivity contribution is -0.250. The molecule has 2 aliphatic carbocycles. The molecule has 6 atom stereocenters. The van der Waals surface area contributed by atoms with E-state index >= 15 is 0 Å². The molecule has 0 aromatic carbocycles. The Morgan fingerprint density at radius 3 is 2.89 bits per heavy atom. The van der Waals surface area contributed by atoms with Gasteiger partial charge in [0.05, 0.1) is 5.92 Å². The second-order valence-corrected chi connectivity index (χ2v) is 6.42. The summed E-state index contributed by atoms with van der Waals surface area (Å²) in [5, 5.41) is 10.3. The van der Waals surface area contributed by atoms with E-state index in [1.165, 1.54) is 11.1 Å². The number of fused-ring (bicyclic) bond motifs is 1. The molecule has 4 nitrogen and oxygen atoms in total. The van der Waals surface area contributed by atoms with Crippen molar-refractivity contribution >= 4 is 5.97 Å². The number of hydrogen-bond acceptors (Lipinski definition) is 4. The quantitative estimate of drug-likeness (QED) is 0.407. The zero-order valence-electron chi connectivity index (χ0n) is 11.2. The standard InChI is InChI=1S/C15H18O4/c1-6-4-5-8-7(2)14(17)18-11(8)10-9(6)12-13(16)15(10,3)19-12/h8,10-13,16H,2,4-5H2,1,3H3/t8-,10-,11+,12+,13-,15-/m0/s1. The zero-order chi connectivity index (χ0) is 13.5. The molecule has 2 bridgehead atoms. The SMILES string of the molecule is C=C1C(=O)O[C@@H]2[C@H]1CCC(C)=C1[C@H]3O[C@](C)([C@H]3O)[C@@H]12. The van der Waals surface area contributed by atoms with Crippen molar-refractivity contribution in [3.63, 3.8) is 0 Å². The van der Waals surface area contributed by atoms with Crippen LogP contribution in [-0.4, -0.2) is 35.0 Å². The average molecular weight is 262 g/mol. The van der Waals surface area contributed by atoms with E-state index < -0.39 is 11.7 Å². The first kappa shape index (κ1) is 11.7. The van der Waals surface area contributed by atoms with Crippen LogP contribution in [0.25, 0.3) is 0 Å². The molecular weight excluding hydrogens is 244 g/mol. The van der Waals surface area contributed by atoms with Gasteiger partial charge >= 0.3 is 5.97 Å². The van der Waals surface area contributed by atoms with Crippen LogP contribution in [0.3, 0.4) is 0 Å². The Morgan fingerprint density at radius 2 is 2.21 bits per heavy atom. The molecule has 4 fully saturated rings. The maximum atomic E-state index is 11.8. The van der Waals surface area contributed by atoms with Gasteiger partial charge in [-0.2, -0.15) is 0 Å². The topological polar surface area (TPSA) is 55.8 Å². The smallest absolute Gasteiger partial charge is 0.334 e. The highest BCUT2D eigenvalue weighted by Crippen LogP contribution is 2.61. The van der Waals surface area contributed by atoms with Gasteiger partial charge in [0.2, 0.25) is 0 Å². The molecule has 0 unspecified atom stereocenters. The number of allylic oxidation sites excluding steroid dienone is 1. The van der Waals surface area contributed by atoms with Crippen LogP contribution < -0.4 is 0 Å². The number of aliphatic hydroxyl groups excluding tert-OH is 1. The Hall–Kier alpha value is -1.13. The van der Waals surface area contributed by atoms with Crippen LogP contribution in [0.15, 0.2) is 23.3 Å². The Bertz CT molecular complexity index is 534. The summed E-state index contributed by atoms with van der Waals surface area (Å²) < 4.78 is 11.4. The van der Waals surface area contributed by atoms with Gasteiger partial charge in [-0.25, -0.2) is 4.79 Å². The van der Waals surface area contributed by atoms with E-state index in [1.807, 2.05) is 6.92 Å². The van der Waals surface area contributed by atoms with Crippen LogP contribution in [-0.2, 0) is 14.3 Å². The van der Waals surface area contributed by atoms with Gasteiger partial charge < -0.3 is 14.6 Å². The second kappa shape index (κ2) is 3.30. The van der Waals surface area contributed by atoms with Crippen molar-refractivity contribution in [1.29, 1.82) is 0 Å². The average Bonchev–Trinajstić information content (AvgIpc) is 2.87. The first-order valence-corrected chi connectivity index (χ1v) is 6.90. The molecule has 0 spiro atoms. The first-order valence-electron chi connectivity index (χ1n) is 6.90. The molecule has 4 heteroatoms. The lowest BCUT2D eigenvalue weighted by atomic mass is 9.79. The number of carbonyl (C=O) groups excluding carboxylic acids is 1. The van der Waals surface area contributed by atoms with E-state index in [0.29, 0.717) is 5.57 Å². The van der Waals surface area contributed by atoms with Gasteiger partial charge in [0.1, 0.15) is 23.9 Å². The predicted molar refractivity (Wildman–Crippen MR) is 67.2 cm³/mol. The molecule has 3 heterocycles. The summed E-state index contributed by atoms with van der Waals surface area (Å²) in [6.07, 6.45) is 0.945. The third kappa shape index (κ3) is 1.15. The van der Waals surface area contributed by atoms with Crippen LogP contribution in [0, 0.1) is 11.8 Å². The molecule has 3 aliphatic heterocycles. The van der Waals surface area contributed by atoms with E-state index in [0.717, 1.165) is 12.8 Å². The van der Waals surface area contributed by atoms with Crippen molar-refractivity contribution in [3.05, 3.63) is 23.3 Å². The normalized spacial score (nSPS) is 51.4. The Kier molecular flexibility index (Phi) is 2.03.